The van der Waals surface area contributed by atoms with Gasteiger partial charge in [0.25, 0.3) is 0 Å². The topological polar surface area (TPSA) is 73.0 Å². The van der Waals surface area contributed by atoms with Gasteiger partial charge in [0.2, 0.25) is 5.91 Å². The largest absolute Gasteiger partial charge is 0.469 e. The number of nitrogens with one attached hydrogen (secondary N) is 1. The number of thioether (sulfide) groups is 1. The molecule has 0 saturated carbocycles. The van der Waals surface area contributed by atoms with Crippen molar-refractivity contribution in [2.45, 2.75) is 58.3 Å². The van der Waals surface area contributed by atoms with Crippen LogP contribution in [-0.2, 0) is 11.3 Å². The number of benzene rings is 1. The third kappa shape index (κ3) is 5.51. The van der Waals surface area contributed by atoms with Crippen LogP contribution >= 0.6 is 11.8 Å². The van der Waals surface area contributed by atoms with Gasteiger partial charge in [0.15, 0.2) is 11.0 Å². The minimum absolute atomic E-state index is 0.0316. The van der Waals surface area contributed by atoms with Gasteiger partial charge < -0.3 is 9.73 Å². The van der Waals surface area contributed by atoms with E-state index in [2.05, 4.69) is 74.1 Å². The normalized spacial score (nSPS) is 12.3. The molecule has 0 aliphatic rings. The Morgan fingerprint density at radius 2 is 1.84 bits per heavy atom. The lowest BCUT2D eigenvalue weighted by Crippen LogP contribution is -2.33. The third-order valence-corrected chi connectivity index (χ3v) is 6.37. The number of aromatic nitrogens is 3. The van der Waals surface area contributed by atoms with Crippen molar-refractivity contribution >= 4 is 17.7 Å². The first-order valence-corrected chi connectivity index (χ1v) is 11.9. The predicted octanol–water partition coefficient (Wildman–Crippen LogP) is 5.76. The molecule has 0 unspecified atom stereocenters. The maximum Gasteiger partial charge on any atom is 0.230 e. The van der Waals surface area contributed by atoms with Gasteiger partial charge in [-0.15, -0.1) is 16.8 Å². The number of amides is 1. The van der Waals surface area contributed by atoms with Gasteiger partial charge in [-0.1, -0.05) is 69.8 Å². The molecule has 2 heterocycles. The van der Waals surface area contributed by atoms with E-state index in [9.17, 15) is 4.79 Å². The number of allylic oxidation sites excluding steroid dienone is 1. The van der Waals surface area contributed by atoms with E-state index < -0.39 is 0 Å². The number of hydrogen-bond acceptors (Lipinski definition) is 5. The van der Waals surface area contributed by atoms with Crippen LogP contribution in [0.4, 0.5) is 0 Å². The Labute approximate surface area is 194 Å². The van der Waals surface area contributed by atoms with Crippen LogP contribution in [0.3, 0.4) is 0 Å². The van der Waals surface area contributed by atoms with Crippen LogP contribution in [0.2, 0.25) is 0 Å². The van der Waals surface area contributed by atoms with E-state index in [4.69, 9.17) is 4.42 Å². The average molecular weight is 453 g/mol. The molecule has 7 heteroatoms. The number of carbonyl (C=O) groups is 1. The van der Waals surface area contributed by atoms with Gasteiger partial charge in [0, 0.05) is 6.54 Å². The van der Waals surface area contributed by atoms with E-state index in [1.54, 1.807) is 12.3 Å². The van der Waals surface area contributed by atoms with Crippen LogP contribution in [-0.4, -0.2) is 26.4 Å². The molecule has 0 radical (unpaired) electrons. The number of furan rings is 1. The minimum atomic E-state index is -0.0421. The fourth-order valence-corrected chi connectivity index (χ4v) is 4.33. The molecule has 1 atom stereocenters. The Hall–Kier alpha value is -2.80. The van der Waals surface area contributed by atoms with Crippen LogP contribution in [0.15, 0.2) is 58.8 Å². The van der Waals surface area contributed by atoms with Crippen molar-refractivity contribution in [1.82, 2.24) is 20.1 Å². The lowest BCUT2D eigenvalue weighted by atomic mass is 9.93. The Morgan fingerprint density at radius 3 is 2.41 bits per heavy atom. The van der Waals surface area contributed by atoms with Gasteiger partial charge in [-0.2, -0.15) is 0 Å². The first-order valence-electron chi connectivity index (χ1n) is 10.9. The van der Waals surface area contributed by atoms with E-state index in [1.165, 1.54) is 17.3 Å². The molecule has 0 aliphatic carbocycles. The lowest BCUT2D eigenvalue weighted by Gasteiger charge is -2.23. The second kappa shape index (κ2) is 10.7. The summed E-state index contributed by atoms with van der Waals surface area (Å²) in [5, 5.41) is 12.5. The molecule has 2 aromatic heterocycles. The van der Waals surface area contributed by atoms with Crippen molar-refractivity contribution in [3.05, 3.63) is 66.1 Å². The summed E-state index contributed by atoms with van der Waals surface area (Å²) in [5.74, 6) is 2.47. The molecule has 170 valence electrons. The molecule has 0 fully saturated rings. The summed E-state index contributed by atoms with van der Waals surface area (Å²) in [6.45, 7) is 14.9. The van der Waals surface area contributed by atoms with Gasteiger partial charge in [0.05, 0.1) is 23.6 Å². The second-order valence-corrected chi connectivity index (χ2v) is 9.44. The summed E-state index contributed by atoms with van der Waals surface area (Å²) in [7, 11) is 0. The molecule has 0 spiro atoms. The van der Waals surface area contributed by atoms with Crippen molar-refractivity contribution < 1.29 is 9.21 Å². The van der Waals surface area contributed by atoms with Crippen LogP contribution < -0.4 is 5.32 Å². The van der Waals surface area contributed by atoms with Gasteiger partial charge in [-0.3, -0.25) is 9.36 Å². The smallest absolute Gasteiger partial charge is 0.230 e. The van der Waals surface area contributed by atoms with Crippen LogP contribution in [0, 0.1) is 12.8 Å². The third-order valence-electron chi connectivity index (χ3n) is 5.41. The Kier molecular flexibility index (Phi) is 7.96. The highest BCUT2D eigenvalue weighted by atomic mass is 32.2. The first kappa shape index (κ1) is 23.9. The van der Waals surface area contributed by atoms with Crippen LogP contribution in [0.25, 0.3) is 11.4 Å². The molecule has 32 heavy (non-hydrogen) atoms. The van der Waals surface area contributed by atoms with Crippen molar-refractivity contribution in [3.8, 4) is 11.4 Å². The number of rotatable bonds is 10. The fourth-order valence-electron chi connectivity index (χ4n) is 3.57. The van der Waals surface area contributed by atoms with Crippen molar-refractivity contribution in [2.24, 2.45) is 5.92 Å². The molecule has 1 aromatic carbocycles. The predicted molar refractivity (Wildman–Crippen MR) is 130 cm³/mol. The SMILES string of the molecule is C=CCn1c(SCC(=O)N[C@H](c2ccc(C(C)C)cc2)C(C)C)nnc1-c1ccoc1C. The molecule has 3 aromatic rings. The van der Waals surface area contributed by atoms with E-state index in [0.29, 0.717) is 23.4 Å². The minimum Gasteiger partial charge on any atom is -0.469 e. The highest BCUT2D eigenvalue weighted by Gasteiger charge is 2.21. The molecule has 0 aliphatic heterocycles. The molecular formula is C25H32N4O2S. The van der Waals surface area contributed by atoms with E-state index >= 15 is 0 Å². The van der Waals surface area contributed by atoms with E-state index in [0.717, 1.165) is 16.9 Å². The van der Waals surface area contributed by atoms with Crippen molar-refractivity contribution in [3.63, 3.8) is 0 Å². The summed E-state index contributed by atoms with van der Waals surface area (Å²) in [6.07, 6.45) is 3.43. The summed E-state index contributed by atoms with van der Waals surface area (Å²) in [6, 6.07) is 10.4. The highest BCUT2D eigenvalue weighted by Crippen LogP contribution is 2.28. The standard InChI is InChI=1S/C25H32N4O2S/c1-7-13-29-24(21-12-14-31-18(21)6)27-28-25(29)32-15-22(30)26-23(17(4)5)20-10-8-19(9-11-20)16(2)3/h7-12,14,16-17,23H,1,13,15H2,2-6H3,(H,26,30)/t23-/m0/s1. The van der Waals surface area contributed by atoms with Gasteiger partial charge in [0.1, 0.15) is 5.76 Å². The van der Waals surface area contributed by atoms with Gasteiger partial charge >= 0.3 is 0 Å². The summed E-state index contributed by atoms with van der Waals surface area (Å²) < 4.78 is 7.36. The Morgan fingerprint density at radius 1 is 1.16 bits per heavy atom. The van der Waals surface area contributed by atoms with Gasteiger partial charge in [-0.05, 0) is 36.0 Å². The number of carbonyl (C=O) groups excluding carboxylic acids is 1. The van der Waals surface area contributed by atoms with Crippen molar-refractivity contribution in [2.75, 3.05) is 5.75 Å². The maximum atomic E-state index is 12.8. The zero-order valence-electron chi connectivity index (χ0n) is 19.5. The van der Waals surface area contributed by atoms with Crippen molar-refractivity contribution in [1.29, 1.82) is 0 Å². The molecule has 1 N–H and O–H groups in total. The van der Waals surface area contributed by atoms with Crippen LogP contribution in [0.5, 0.6) is 0 Å². The summed E-state index contributed by atoms with van der Waals surface area (Å²) in [5.41, 5.74) is 3.30. The number of nitrogens with zero attached hydrogens (tertiary/aromatic N) is 3. The molecule has 6 nitrogen and oxygen atoms in total. The highest BCUT2D eigenvalue weighted by molar-refractivity contribution is 7.99. The maximum absolute atomic E-state index is 12.8. The van der Waals surface area contributed by atoms with E-state index in [1.807, 2.05) is 17.6 Å². The van der Waals surface area contributed by atoms with Gasteiger partial charge in [-0.25, -0.2) is 0 Å². The average Bonchev–Trinajstić information content (AvgIpc) is 3.36. The van der Waals surface area contributed by atoms with Crippen LogP contribution in [0.1, 0.15) is 56.5 Å². The number of hydrogen-bond donors (Lipinski definition) is 1. The zero-order chi connectivity index (χ0) is 23.3. The summed E-state index contributed by atoms with van der Waals surface area (Å²) in [4.78, 5) is 12.8. The molecule has 1 amide bonds. The molecule has 0 bridgehead atoms. The molecule has 3 rings (SSSR count). The number of aryl methyl sites for hydroxylation is 1. The van der Waals surface area contributed by atoms with E-state index in [-0.39, 0.29) is 23.6 Å². The molecular weight excluding hydrogens is 420 g/mol. The monoisotopic (exact) mass is 452 g/mol. The fraction of sp³-hybridized carbons (Fsp3) is 0.400. The Balaban J connectivity index is 1.70. The molecule has 0 saturated heterocycles. The Bertz CT molecular complexity index is 1050. The summed E-state index contributed by atoms with van der Waals surface area (Å²) >= 11 is 1.37. The lowest BCUT2D eigenvalue weighted by molar-refractivity contribution is -0.119. The first-order chi connectivity index (χ1) is 15.3. The second-order valence-electron chi connectivity index (χ2n) is 8.50. The zero-order valence-corrected chi connectivity index (χ0v) is 20.3. The quantitative estimate of drug-likeness (QED) is 0.313.